The van der Waals surface area contributed by atoms with Gasteiger partial charge in [-0.05, 0) is 62.4 Å². The highest BCUT2D eigenvalue weighted by Crippen LogP contribution is 2.30. The molecule has 0 atom stereocenters. The van der Waals surface area contributed by atoms with Crippen LogP contribution in [-0.4, -0.2) is 19.2 Å². The monoisotopic (exact) mass is 408 g/mol. The molecule has 0 unspecified atom stereocenters. The van der Waals surface area contributed by atoms with E-state index in [-0.39, 0.29) is 18.0 Å². The molecule has 0 amide bonds. The molecule has 1 aliphatic carbocycles. The Morgan fingerprint density at radius 2 is 1.80 bits per heavy atom. The minimum Gasteiger partial charge on any atom is -0.490 e. The van der Waals surface area contributed by atoms with Gasteiger partial charge in [0.05, 0.1) is 13.2 Å². The van der Waals surface area contributed by atoms with Crippen LogP contribution in [0.5, 0.6) is 17.2 Å². The zero-order chi connectivity index (χ0) is 20.9. The molecule has 0 fully saturated rings. The van der Waals surface area contributed by atoms with Crippen LogP contribution in [0.3, 0.4) is 0 Å². The van der Waals surface area contributed by atoms with Gasteiger partial charge in [0, 0.05) is 23.4 Å². The van der Waals surface area contributed by atoms with E-state index in [1.807, 2.05) is 37.3 Å². The summed E-state index contributed by atoms with van der Waals surface area (Å²) in [6.07, 6.45) is 3.33. The summed E-state index contributed by atoms with van der Waals surface area (Å²) in [5.74, 6) is 1.35. The van der Waals surface area contributed by atoms with Crippen molar-refractivity contribution < 1.29 is 23.4 Å². The van der Waals surface area contributed by atoms with Crippen molar-refractivity contribution in [1.29, 1.82) is 0 Å². The van der Waals surface area contributed by atoms with Crippen LogP contribution in [0.25, 0.3) is 11.0 Å². The molecule has 6 nitrogen and oxygen atoms in total. The van der Waals surface area contributed by atoms with Gasteiger partial charge in [0.25, 0.3) is 0 Å². The van der Waals surface area contributed by atoms with E-state index in [2.05, 4.69) is 0 Å². The number of para-hydroxylation sites is 2. The first kappa shape index (κ1) is 20.0. The van der Waals surface area contributed by atoms with Gasteiger partial charge in [0.15, 0.2) is 11.5 Å². The number of hydrogen-bond donors (Lipinski definition) is 0. The molecule has 4 rings (SSSR count). The van der Waals surface area contributed by atoms with Crippen molar-refractivity contribution in [2.24, 2.45) is 0 Å². The number of fused-ring (bicyclic) bond motifs is 3. The number of aryl methyl sites for hydroxylation is 1. The van der Waals surface area contributed by atoms with E-state index in [9.17, 15) is 9.59 Å². The zero-order valence-corrected chi connectivity index (χ0v) is 16.9. The van der Waals surface area contributed by atoms with E-state index in [1.165, 1.54) is 0 Å². The Labute approximate surface area is 174 Å². The molecule has 0 radical (unpaired) electrons. The fraction of sp³-hybridized carbons (Fsp3) is 0.333. The van der Waals surface area contributed by atoms with Crippen LogP contribution < -0.4 is 19.8 Å². The quantitative estimate of drug-likeness (QED) is 0.237. The van der Waals surface area contributed by atoms with Crippen molar-refractivity contribution in [3.63, 3.8) is 0 Å². The highest BCUT2D eigenvalue weighted by molar-refractivity contribution is 5.84. The maximum absolute atomic E-state index is 12.2. The predicted molar refractivity (Wildman–Crippen MR) is 112 cm³/mol. The molecule has 0 bridgehead atoms. The van der Waals surface area contributed by atoms with Crippen molar-refractivity contribution in [2.75, 3.05) is 13.2 Å². The highest BCUT2D eigenvalue weighted by Gasteiger charge is 2.20. The Bertz CT molecular complexity index is 1110. The lowest BCUT2D eigenvalue weighted by Crippen LogP contribution is -2.10. The van der Waals surface area contributed by atoms with E-state index in [1.54, 1.807) is 12.1 Å². The Kier molecular flexibility index (Phi) is 6.02. The minimum absolute atomic E-state index is 0.211. The SMILES string of the molecule is CCOc1ccccc1OCCCC(=O)Oc1ccc2c3c(c(=O)oc2c1)CCC3. The molecule has 1 heterocycles. The third kappa shape index (κ3) is 4.32. The number of rotatable bonds is 8. The summed E-state index contributed by atoms with van der Waals surface area (Å²) < 4.78 is 22.1. The maximum atomic E-state index is 12.2. The molecule has 0 saturated heterocycles. The third-order valence-corrected chi connectivity index (χ3v) is 5.11. The van der Waals surface area contributed by atoms with Gasteiger partial charge in [-0.1, -0.05) is 12.1 Å². The van der Waals surface area contributed by atoms with Crippen molar-refractivity contribution >= 4 is 16.9 Å². The molecule has 3 aromatic rings. The fourth-order valence-corrected chi connectivity index (χ4v) is 3.75. The van der Waals surface area contributed by atoms with Gasteiger partial charge in [0.1, 0.15) is 11.3 Å². The molecule has 1 aromatic heterocycles. The molecular weight excluding hydrogens is 384 g/mol. The van der Waals surface area contributed by atoms with Crippen molar-refractivity contribution in [1.82, 2.24) is 0 Å². The van der Waals surface area contributed by atoms with E-state index in [0.29, 0.717) is 42.5 Å². The Balaban J connectivity index is 1.33. The van der Waals surface area contributed by atoms with Crippen LogP contribution in [0.4, 0.5) is 0 Å². The summed E-state index contributed by atoms with van der Waals surface area (Å²) in [5.41, 5.74) is 2.01. The largest absolute Gasteiger partial charge is 0.490 e. The number of carbonyl (C=O) groups excluding carboxylic acids is 1. The number of benzene rings is 2. The summed E-state index contributed by atoms with van der Waals surface area (Å²) in [7, 11) is 0. The normalized spacial score (nSPS) is 12.6. The van der Waals surface area contributed by atoms with Crippen LogP contribution in [0, 0.1) is 0 Å². The molecule has 0 aliphatic heterocycles. The number of esters is 1. The Morgan fingerprint density at radius 3 is 2.60 bits per heavy atom. The van der Waals surface area contributed by atoms with Crippen LogP contribution in [0.15, 0.2) is 51.7 Å². The van der Waals surface area contributed by atoms with Gasteiger partial charge in [-0.3, -0.25) is 4.79 Å². The van der Waals surface area contributed by atoms with E-state index in [0.717, 1.165) is 35.8 Å². The van der Waals surface area contributed by atoms with E-state index >= 15 is 0 Å². The highest BCUT2D eigenvalue weighted by atomic mass is 16.5. The minimum atomic E-state index is -0.362. The number of hydrogen-bond acceptors (Lipinski definition) is 6. The average Bonchev–Trinajstić information content (AvgIpc) is 3.23. The van der Waals surface area contributed by atoms with Gasteiger partial charge < -0.3 is 18.6 Å². The first-order chi connectivity index (χ1) is 14.7. The summed E-state index contributed by atoms with van der Waals surface area (Å²) in [4.78, 5) is 24.3. The van der Waals surface area contributed by atoms with Gasteiger partial charge in [-0.25, -0.2) is 4.79 Å². The van der Waals surface area contributed by atoms with Crippen LogP contribution >= 0.6 is 0 Å². The summed E-state index contributed by atoms with van der Waals surface area (Å²) in [6, 6.07) is 12.7. The molecular formula is C24H24O6. The van der Waals surface area contributed by atoms with Crippen molar-refractivity contribution in [3.05, 3.63) is 64.0 Å². The molecule has 0 spiro atoms. The van der Waals surface area contributed by atoms with Gasteiger partial charge in [0.2, 0.25) is 0 Å². The van der Waals surface area contributed by atoms with E-state index < -0.39 is 0 Å². The van der Waals surface area contributed by atoms with Crippen LogP contribution in [-0.2, 0) is 17.6 Å². The lowest BCUT2D eigenvalue weighted by atomic mass is 10.1. The topological polar surface area (TPSA) is 75.0 Å². The first-order valence-electron chi connectivity index (χ1n) is 10.3. The number of ether oxygens (including phenoxy) is 3. The second-order valence-corrected chi connectivity index (χ2v) is 7.16. The lowest BCUT2D eigenvalue weighted by molar-refractivity contribution is -0.134. The van der Waals surface area contributed by atoms with E-state index in [4.69, 9.17) is 18.6 Å². The lowest BCUT2D eigenvalue weighted by Gasteiger charge is -2.11. The summed E-state index contributed by atoms with van der Waals surface area (Å²) >= 11 is 0. The zero-order valence-electron chi connectivity index (χ0n) is 16.9. The summed E-state index contributed by atoms with van der Waals surface area (Å²) in [6.45, 7) is 2.84. The molecule has 1 aliphatic rings. The van der Waals surface area contributed by atoms with Crippen molar-refractivity contribution in [3.8, 4) is 17.2 Å². The molecule has 30 heavy (non-hydrogen) atoms. The van der Waals surface area contributed by atoms with Gasteiger partial charge in [-0.15, -0.1) is 0 Å². The molecule has 0 N–H and O–H groups in total. The Hall–Kier alpha value is -3.28. The predicted octanol–water partition coefficient (Wildman–Crippen LogP) is 4.45. The second-order valence-electron chi connectivity index (χ2n) is 7.16. The smallest absolute Gasteiger partial charge is 0.339 e. The summed E-state index contributed by atoms with van der Waals surface area (Å²) in [5, 5.41) is 0.920. The average molecular weight is 408 g/mol. The standard InChI is InChI=1S/C24H24O6/c1-2-27-20-9-3-4-10-21(20)28-14-6-11-23(25)29-16-12-13-18-17-7-5-8-19(17)24(26)30-22(18)15-16/h3-4,9-10,12-13,15H,2,5-8,11,14H2,1H3. The van der Waals surface area contributed by atoms with Crippen LogP contribution in [0.2, 0.25) is 0 Å². The molecule has 0 saturated carbocycles. The maximum Gasteiger partial charge on any atom is 0.339 e. The second kappa shape index (κ2) is 9.03. The van der Waals surface area contributed by atoms with Crippen molar-refractivity contribution in [2.45, 2.75) is 39.0 Å². The number of carbonyl (C=O) groups is 1. The van der Waals surface area contributed by atoms with Crippen LogP contribution in [0.1, 0.15) is 37.3 Å². The fourth-order valence-electron chi connectivity index (χ4n) is 3.75. The third-order valence-electron chi connectivity index (χ3n) is 5.11. The Morgan fingerprint density at radius 1 is 1.03 bits per heavy atom. The molecule has 6 heteroatoms. The molecule has 156 valence electrons. The first-order valence-corrected chi connectivity index (χ1v) is 10.3. The van der Waals surface area contributed by atoms with Gasteiger partial charge >= 0.3 is 11.6 Å². The molecule has 2 aromatic carbocycles. The van der Waals surface area contributed by atoms with Gasteiger partial charge in [-0.2, -0.15) is 0 Å².